The minimum atomic E-state index is -4.09. The predicted molar refractivity (Wildman–Crippen MR) is 108 cm³/mol. The summed E-state index contributed by atoms with van der Waals surface area (Å²) < 4.78 is 31.4. The van der Waals surface area contributed by atoms with Crippen molar-refractivity contribution >= 4 is 27.8 Å². The molecule has 0 atom stereocenters. The Kier molecular flexibility index (Phi) is 7.65. The molecular formula is C20H23N3O6S. The minimum Gasteiger partial charge on any atom is -0.464 e. The first-order valence-electron chi connectivity index (χ1n) is 9.12. The summed E-state index contributed by atoms with van der Waals surface area (Å²) in [6, 6.07) is 8.54. The molecule has 0 spiro atoms. The first kappa shape index (κ1) is 23.0. The number of carbonyl (C=O) groups is 3. The van der Waals surface area contributed by atoms with Gasteiger partial charge in [0.05, 0.1) is 17.6 Å². The quantitative estimate of drug-likeness (QED) is 0.600. The van der Waals surface area contributed by atoms with Gasteiger partial charge in [-0.15, -0.1) is 0 Å². The van der Waals surface area contributed by atoms with Gasteiger partial charge in [0, 0.05) is 18.7 Å². The van der Waals surface area contributed by atoms with Gasteiger partial charge in [-0.3, -0.25) is 9.59 Å². The van der Waals surface area contributed by atoms with Crippen LogP contribution in [0.4, 0.5) is 0 Å². The SMILES string of the molecule is COC(=O)c1ccc(C(=O)NS(=O)(=O)c2ccc(CCNC(=O)C(C)C)cc2)cn1. The van der Waals surface area contributed by atoms with E-state index in [1.165, 1.54) is 31.4 Å². The van der Waals surface area contributed by atoms with Crippen LogP contribution in [0.1, 0.15) is 40.3 Å². The summed E-state index contributed by atoms with van der Waals surface area (Å²) in [4.78, 5) is 38.8. The number of amides is 2. The number of ether oxygens (including phenoxy) is 1. The van der Waals surface area contributed by atoms with Crippen LogP contribution in [-0.4, -0.2) is 44.8 Å². The molecule has 0 saturated heterocycles. The Bertz CT molecular complexity index is 1020. The average molecular weight is 433 g/mol. The van der Waals surface area contributed by atoms with E-state index in [0.29, 0.717) is 13.0 Å². The minimum absolute atomic E-state index is 0.00270. The Morgan fingerprint density at radius 2 is 1.73 bits per heavy atom. The fourth-order valence-corrected chi connectivity index (χ4v) is 3.34. The smallest absolute Gasteiger partial charge is 0.356 e. The van der Waals surface area contributed by atoms with Crippen LogP contribution in [-0.2, 0) is 26.0 Å². The molecule has 1 aromatic carbocycles. The van der Waals surface area contributed by atoms with E-state index in [1.54, 1.807) is 26.0 Å². The molecule has 0 saturated carbocycles. The fourth-order valence-electron chi connectivity index (χ4n) is 2.36. The van der Waals surface area contributed by atoms with Gasteiger partial charge in [-0.1, -0.05) is 26.0 Å². The standard InChI is InChI=1S/C20H23N3O6S/c1-13(2)18(24)21-11-10-14-4-7-16(8-5-14)30(27,28)23-19(25)15-6-9-17(22-12-15)20(26)29-3/h4-9,12-13H,10-11H2,1-3H3,(H,21,24)(H,23,25). The summed E-state index contributed by atoms with van der Waals surface area (Å²) in [6.07, 6.45) is 1.63. The molecule has 2 rings (SSSR count). The highest BCUT2D eigenvalue weighted by atomic mass is 32.2. The zero-order valence-electron chi connectivity index (χ0n) is 16.8. The molecule has 0 unspecified atom stereocenters. The Labute approximate surface area is 174 Å². The number of pyridine rings is 1. The average Bonchev–Trinajstić information content (AvgIpc) is 2.73. The van der Waals surface area contributed by atoms with E-state index in [0.717, 1.165) is 11.8 Å². The molecule has 0 bridgehead atoms. The van der Waals surface area contributed by atoms with Crippen molar-refractivity contribution in [3.63, 3.8) is 0 Å². The number of hydrogen-bond acceptors (Lipinski definition) is 7. The van der Waals surface area contributed by atoms with Crippen LogP contribution in [0.15, 0.2) is 47.5 Å². The summed E-state index contributed by atoms with van der Waals surface area (Å²) in [5.41, 5.74) is 0.813. The number of benzene rings is 1. The highest BCUT2D eigenvalue weighted by Gasteiger charge is 2.19. The maximum Gasteiger partial charge on any atom is 0.356 e. The van der Waals surface area contributed by atoms with Crippen LogP contribution in [0.5, 0.6) is 0 Å². The van der Waals surface area contributed by atoms with Gasteiger partial charge in [0.2, 0.25) is 5.91 Å². The van der Waals surface area contributed by atoms with E-state index >= 15 is 0 Å². The molecular weight excluding hydrogens is 410 g/mol. The molecule has 0 radical (unpaired) electrons. The maximum absolute atomic E-state index is 12.4. The summed E-state index contributed by atoms with van der Waals surface area (Å²) in [5.74, 6) is -1.70. The van der Waals surface area contributed by atoms with E-state index in [2.05, 4.69) is 15.0 Å². The Balaban J connectivity index is 2.00. The van der Waals surface area contributed by atoms with Crippen LogP contribution in [0.2, 0.25) is 0 Å². The lowest BCUT2D eigenvalue weighted by Crippen LogP contribution is -2.31. The monoisotopic (exact) mass is 433 g/mol. The van der Waals surface area contributed by atoms with E-state index < -0.39 is 21.9 Å². The van der Waals surface area contributed by atoms with E-state index in [-0.39, 0.29) is 28.0 Å². The summed E-state index contributed by atoms with van der Waals surface area (Å²) >= 11 is 0. The lowest BCUT2D eigenvalue weighted by Gasteiger charge is -2.09. The highest BCUT2D eigenvalue weighted by Crippen LogP contribution is 2.12. The molecule has 2 amide bonds. The Morgan fingerprint density at radius 3 is 2.27 bits per heavy atom. The third kappa shape index (κ3) is 6.11. The molecule has 9 nitrogen and oxygen atoms in total. The Hall–Kier alpha value is -3.27. The van der Waals surface area contributed by atoms with Crippen molar-refractivity contribution in [3.05, 3.63) is 59.4 Å². The molecule has 2 N–H and O–H groups in total. The number of hydrogen-bond donors (Lipinski definition) is 2. The Morgan fingerprint density at radius 1 is 1.07 bits per heavy atom. The van der Waals surface area contributed by atoms with Crippen molar-refractivity contribution in [3.8, 4) is 0 Å². The van der Waals surface area contributed by atoms with Crippen molar-refractivity contribution in [2.45, 2.75) is 25.2 Å². The molecule has 1 aromatic heterocycles. The molecule has 2 aromatic rings. The van der Waals surface area contributed by atoms with Crippen molar-refractivity contribution in [2.24, 2.45) is 5.92 Å². The maximum atomic E-state index is 12.4. The second-order valence-electron chi connectivity index (χ2n) is 6.70. The van der Waals surface area contributed by atoms with Gasteiger partial charge in [0.1, 0.15) is 5.69 Å². The zero-order chi connectivity index (χ0) is 22.3. The second kappa shape index (κ2) is 9.97. The first-order valence-corrected chi connectivity index (χ1v) is 10.6. The number of nitrogens with one attached hydrogen (secondary N) is 2. The number of carbonyl (C=O) groups excluding carboxylic acids is 3. The topological polar surface area (TPSA) is 132 Å². The van der Waals surface area contributed by atoms with E-state index in [9.17, 15) is 22.8 Å². The zero-order valence-corrected chi connectivity index (χ0v) is 17.7. The number of rotatable bonds is 8. The van der Waals surface area contributed by atoms with Crippen LogP contribution >= 0.6 is 0 Å². The van der Waals surface area contributed by atoms with Gasteiger partial charge in [0.25, 0.3) is 15.9 Å². The number of esters is 1. The molecule has 0 aliphatic rings. The van der Waals surface area contributed by atoms with Gasteiger partial charge < -0.3 is 10.1 Å². The van der Waals surface area contributed by atoms with Crippen molar-refractivity contribution in [2.75, 3.05) is 13.7 Å². The highest BCUT2D eigenvalue weighted by molar-refractivity contribution is 7.90. The molecule has 30 heavy (non-hydrogen) atoms. The summed E-state index contributed by atoms with van der Waals surface area (Å²) in [6.45, 7) is 4.04. The van der Waals surface area contributed by atoms with Crippen LogP contribution in [0, 0.1) is 5.92 Å². The van der Waals surface area contributed by atoms with Gasteiger partial charge >= 0.3 is 5.97 Å². The van der Waals surface area contributed by atoms with Crippen LogP contribution in [0.25, 0.3) is 0 Å². The van der Waals surface area contributed by atoms with Crippen LogP contribution < -0.4 is 10.0 Å². The molecule has 1 heterocycles. The van der Waals surface area contributed by atoms with Gasteiger partial charge in [-0.2, -0.15) is 0 Å². The molecule has 160 valence electrons. The lowest BCUT2D eigenvalue weighted by atomic mass is 10.1. The number of sulfonamides is 1. The molecule has 0 aliphatic carbocycles. The summed E-state index contributed by atoms with van der Waals surface area (Å²) in [7, 11) is -2.89. The third-order valence-electron chi connectivity index (χ3n) is 4.12. The lowest BCUT2D eigenvalue weighted by molar-refractivity contribution is -0.123. The largest absolute Gasteiger partial charge is 0.464 e. The van der Waals surface area contributed by atoms with Crippen molar-refractivity contribution in [1.82, 2.24) is 15.0 Å². The van der Waals surface area contributed by atoms with Crippen molar-refractivity contribution in [1.29, 1.82) is 0 Å². The fraction of sp³-hybridized carbons (Fsp3) is 0.300. The summed E-state index contributed by atoms with van der Waals surface area (Å²) in [5, 5.41) is 2.79. The van der Waals surface area contributed by atoms with Gasteiger partial charge in [-0.25, -0.2) is 22.9 Å². The number of nitrogens with zero attached hydrogens (tertiary/aromatic N) is 1. The van der Waals surface area contributed by atoms with Crippen molar-refractivity contribution < 1.29 is 27.5 Å². The van der Waals surface area contributed by atoms with Gasteiger partial charge in [0.15, 0.2) is 0 Å². The molecule has 0 aliphatic heterocycles. The van der Waals surface area contributed by atoms with Crippen LogP contribution in [0.3, 0.4) is 0 Å². The first-order chi connectivity index (χ1) is 14.1. The third-order valence-corrected chi connectivity index (χ3v) is 5.47. The molecule has 0 fully saturated rings. The van der Waals surface area contributed by atoms with E-state index in [4.69, 9.17) is 0 Å². The normalized spacial score (nSPS) is 11.1. The number of methoxy groups -OCH3 is 1. The second-order valence-corrected chi connectivity index (χ2v) is 8.38. The predicted octanol–water partition coefficient (Wildman–Crippen LogP) is 1.30. The van der Waals surface area contributed by atoms with Gasteiger partial charge in [-0.05, 0) is 36.2 Å². The molecule has 10 heteroatoms. The van der Waals surface area contributed by atoms with E-state index in [1.807, 2.05) is 4.72 Å². The number of aromatic nitrogens is 1.